The number of aryl methyl sites for hydroxylation is 3. The lowest BCUT2D eigenvalue weighted by molar-refractivity contribution is -0.151. The van der Waals surface area contributed by atoms with E-state index in [1.165, 1.54) is 4.90 Å². The van der Waals surface area contributed by atoms with Crippen molar-refractivity contribution in [3.8, 4) is 0 Å². The number of carbonyl (C=O) groups is 2. The van der Waals surface area contributed by atoms with Gasteiger partial charge in [0, 0.05) is 38.0 Å². The van der Waals surface area contributed by atoms with Crippen LogP contribution in [0.3, 0.4) is 0 Å². The van der Waals surface area contributed by atoms with Gasteiger partial charge in [-0.25, -0.2) is 9.50 Å². The van der Waals surface area contributed by atoms with Crippen LogP contribution >= 0.6 is 0 Å². The molecule has 0 aromatic carbocycles. The highest BCUT2D eigenvalue weighted by Crippen LogP contribution is 2.17. The van der Waals surface area contributed by atoms with Crippen LogP contribution < -0.4 is 0 Å². The summed E-state index contributed by atoms with van der Waals surface area (Å²) in [5.74, 6) is -0.628. The molecule has 7 nitrogen and oxygen atoms in total. The molecule has 7 heteroatoms. The normalized spacial score (nSPS) is 10.8. The molecule has 0 aliphatic heterocycles. The maximum Gasteiger partial charge on any atom is 0.306 e. The number of carbonyl (C=O) groups excluding carboxylic acids is 2. The fourth-order valence-corrected chi connectivity index (χ4v) is 2.37. The summed E-state index contributed by atoms with van der Waals surface area (Å²) in [5, 5.41) is 4.41. The minimum Gasteiger partial charge on any atom is -0.456 e. The predicted molar refractivity (Wildman–Crippen MR) is 85.2 cm³/mol. The zero-order valence-corrected chi connectivity index (χ0v) is 14.2. The van der Waals surface area contributed by atoms with E-state index in [0.717, 1.165) is 28.3 Å². The fourth-order valence-electron chi connectivity index (χ4n) is 2.37. The Kier molecular flexibility index (Phi) is 4.98. The third kappa shape index (κ3) is 3.85. The Morgan fingerprint density at radius 3 is 2.61 bits per heavy atom. The highest BCUT2D eigenvalue weighted by atomic mass is 16.5. The van der Waals surface area contributed by atoms with Crippen LogP contribution in [0.5, 0.6) is 0 Å². The summed E-state index contributed by atoms with van der Waals surface area (Å²) in [6.07, 6.45) is 0.713. The Morgan fingerprint density at radius 2 is 1.96 bits per heavy atom. The molecule has 0 fully saturated rings. The van der Waals surface area contributed by atoms with Crippen molar-refractivity contribution in [2.24, 2.45) is 0 Å². The van der Waals surface area contributed by atoms with Crippen LogP contribution in [-0.2, 0) is 20.7 Å². The van der Waals surface area contributed by atoms with Gasteiger partial charge in [-0.3, -0.25) is 9.59 Å². The van der Waals surface area contributed by atoms with E-state index in [2.05, 4.69) is 10.1 Å². The van der Waals surface area contributed by atoms with Crippen molar-refractivity contribution in [3.63, 3.8) is 0 Å². The van der Waals surface area contributed by atoms with E-state index >= 15 is 0 Å². The minimum absolute atomic E-state index is 0.204. The fraction of sp³-hybridized carbons (Fsp3) is 0.500. The second-order valence-electron chi connectivity index (χ2n) is 5.77. The number of hydrogen-bond donors (Lipinski definition) is 0. The van der Waals surface area contributed by atoms with Gasteiger partial charge in [0.1, 0.15) is 0 Å². The van der Waals surface area contributed by atoms with Crippen molar-refractivity contribution in [2.45, 2.75) is 33.6 Å². The van der Waals surface area contributed by atoms with Crippen LogP contribution in [0, 0.1) is 20.8 Å². The first-order valence-corrected chi connectivity index (χ1v) is 7.48. The number of amides is 1. The molecule has 0 aliphatic rings. The number of rotatable bonds is 5. The molecule has 0 aliphatic carbocycles. The van der Waals surface area contributed by atoms with Gasteiger partial charge >= 0.3 is 5.97 Å². The van der Waals surface area contributed by atoms with E-state index in [1.807, 2.05) is 26.8 Å². The third-order valence-corrected chi connectivity index (χ3v) is 3.72. The maximum atomic E-state index is 11.8. The lowest BCUT2D eigenvalue weighted by Gasteiger charge is -2.12. The third-order valence-electron chi connectivity index (χ3n) is 3.72. The summed E-state index contributed by atoms with van der Waals surface area (Å²) < 4.78 is 6.78. The monoisotopic (exact) mass is 318 g/mol. The van der Waals surface area contributed by atoms with Gasteiger partial charge in [0.15, 0.2) is 12.3 Å². The van der Waals surface area contributed by atoms with Crippen LogP contribution in [0.2, 0.25) is 0 Å². The van der Waals surface area contributed by atoms with Gasteiger partial charge in [-0.15, -0.1) is 0 Å². The molecular formula is C16H22N4O3. The summed E-state index contributed by atoms with van der Waals surface area (Å²) in [5.41, 5.74) is 4.54. The van der Waals surface area contributed by atoms with Gasteiger partial charge < -0.3 is 9.64 Å². The first kappa shape index (κ1) is 16.9. The molecule has 2 rings (SSSR count). The molecule has 0 spiro atoms. The molecule has 0 saturated carbocycles. The molecule has 2 heterocycles. The van der Waals surface area contributed by atoms with Crippen molar-refractivity contribution in [1.82, 2.24) is 19.5 Å². The quantitative estimate of drug-likeness (QED) is 0.775. The molecule has 0 bridgehead atoms. The van der Waals surface area contributed by atoms with Crippen LogP contribution in [-0.4, -0.2) is 52.1 Å². The number of hydrogen-bond acceptors (Lipinski definition) is 5. The van der Waals surface area contributed by atoms with Crippen LogP contribution in [0.25, 0.3) is 5.65 Å². The largest absolute Gasteiger partial charge is 0.456 e. The number of ether oxygens (including phenoxy) is 1. The second kappa shape index (κ2) is 6.76. The van der Waals surface area contributed by atoms with Gasteiger partial charge in [0.25, 0.3) is 5.91 Å². The lowest BCUT2D eigenvalue weighted by atomic mass is 10.1. The first-order valence-electron chi connectivity index (χ1n) is 7.48. The number of esters is 1. The van der Waals surface area contributed by atoms with Gasteiger partial charge in [-0.1, -0.05) is 0 Å². The van der Waals surface area contributed by atoms with Crippen molar-refractivity contribution in [2.75, 3.05) is 20.7 Å². The average molecular weight is 318 g/mol. The molecule has 23 heavy (non-hydrogen) atoms. The Bertz CT molecular complexity index is 749. The molecular weight excluding hydrogens is 296 g/mol. The first-order chi connectivity index (χ1) is 10.8. The molecule has 0 unspecified atom stereocenters. The highest BCUT2D eigenvalue weighted by Gasteiger charge is 2.14. The molecule has 2 aromatic rings. The van der Waals surface area contributed by atoms with E-state index in [9.17, 15) is 9.59 Å². The molecule has 0 radical (unpaired) electrons. The predicted octanol–water partition coefficient (Wildman–Crippen LogP) is 1.22. The lowest BCUT2D eigenvalue weighted by Crippen LogP contribution is -2.27. The number of nitrogens with zero attached hydrogens (tertiary/aromatic N) is 4. The Balaban J connectivity index is 2.04. The van der Waals surface area contributed by atoms with Crippen LogP contribution in [0.15, 0.2) is 6.07 Å². The van der Waals surface area contributed by atoms with Crippen molar-refractivity contribution < 1.29 is 14.3 Å². The molecule has 0 atom stereocenters. The zero-order valence-electron chi connectivity index (χ0n) is 14.2. The standard InChI is InChI=1S/C16H22N4O3/c1-10-8-14-17-11(2)13(12(3)20(14)18-10)6-7-16(22)23-9-15(21)19(4)5/h8H,6-7,9H2,1-5H3. The van der Waals surface area contributed by atoms with E-state index in [-0.39, 0.29) is 18.9 Å². The summed E-state index contributed by atoms with van der Waals surface area (Å²) in [7, 11) is 3.24. The Morgan fingerprint density at radius 1 is 1.26 bits per heavy atom. The molecule has 0 saturated heterocycles. The topological polar surface area (TPSA) is 76.8 Å². The van der Waals surface area contributed by atoms with E-state index in [1.54, 1.807) is 18.6 Å². The SMILES string of the molecule is Cc1cc2nc(C)c(CCC(=O)OCC(=O)N(C)C)c(C)n2n1. The van der Waals surface area contributed by atoms with E-state index < -0.39 is 5.97 Å². The summed E-state index contributed by atoms with van der Waals surface area (Å²) in [6, 6.07) is 1.92. The smallest absolute Gasteiger partial charge is 0.306 e. The van der Waals surface area contributed by atoms with Gasteiger partial charge in [0.05, 0.1) is 5.69 Å². The average Bonchev–Trinajstić information content (AvgIpc) is 2.84. The molecule has 0 N–H and O–H groups in total. The number of fused-ring (bicyclic) bond motifs is 1. The Labute approximate surface area is 135 Å². The number of aromatic nitrogens is 3. The molecule has 1 amide bonds. The van der Waals surface area contributed by atoms with Crippen LogP contribution in [0.1, 0.15) is 29.1 Å². The minimum atomic E-state index is -0.393. The summed E-state index contributed by atoms with van der Waals surface area (Å²) in [4.78, 5) is 29.1. The molecule has 2 aromatic heterocycles. The van der Waals surface area contributed by atoms with E-state index in [0.29, 0.717) is 6.42 Å². The summed E-state index contributed by atoms with van der Waals surface area (Å²) >= 11 is 0. The Hall–Kier alpha value is -2.44. The van der Waals surface area contributed by atoms with E-state index in [4.69, 9.17) is 4.74 Å². The second-order valence-corrected chi connectivity index (χ2v) is 5.77. The van der Waals surface area contributed by atoms with Gasteiger partial charge in [-0.05, 0) is 32.8 Å². The van der Waals surface area contributed by atoms with Crippen molar-refractivity contribution >= 4 is 17.5 Å². The maximum absolute atomic E-state index is 11.8. The zero-order chi connectivity index (χ0) is 17.1. The van der Waals surface area contributed by atoms with Crippen molar-refractivity contribution in [1.29, 1.82) is 0 Å². The van der Waals surface area contributed by atoms with Crippen LogP contribution in [0.4, 0.5) is 0 Å². The highest BCUT2D eigenvalue weighted by molar-refractivity contribution is 5.80. The van der Waals surface area contributed by atoms with Crippen molar-refractivity contribution in [3.05, 3.63) is 28.7 Å². The summed E-state index contributed by atoms with van der Waals surface area (Å²) in [6.45, 7) is 5.58. The number of likely N-dealkylation sites (N-methyl/N-ethyl adjacent to an activating group) is 1. The molecule has 124 valence electrons. The van der Waals surface area contributed by atoms with Gasteiger partial charge in [-0.2, -0.15) is 5.10 Å². The van der Waals surface area contributed by atoms with Gasteiger partial charge in [0.2, 0.25) is 0 Å².